The lowest BCUT2D eigenvalue weighted by atomic mass is 9.79. The van der Waals surface area contributed by atoms with Gasteiger partial charge in [0.1, 0.15) is 0 Å². The lowest BCUT2D eigenvalue weighted by Gasteiger charge is -2.50. The van der Waals surface area contributed by atoms with Crippen molar-refractivity contribution < 1.29 is 5.21 Å². The number of nitrogens with one attached hydrogen (secondary N) is 1. The molecule has 85 valence electrons. The van der Waals surface area contributed by atoms with E-state index in [9.17, 15) is 5.21 Å². The maximum Gasteiger partial charge on any atom is 0.0575 e. The number of hydrogen-bond donors (Lipinski definition) is 1. The van der Waals surface area contributed by atoms with E-state index < -0.39 is 0 Å². The van der Waals surface area contributed by atoms with E-state index in [2.05, 4.69) is 11.2 Å². The first-order chi connectivity index (χ1) is 6.79. The Kier molecular flexibility index (Phi) is 3.44. The SMILES string of the molecule is C#CCNC1CC(C)(C)N([O])C(C)(C)C1. The van der Waals surface area contributed by atoms with E-state index in [-0.39, 0.29) is 11.1 Å². The summed E-state index contributed by atoms with van der Waals surface area (Å²) < 4.78 is 0. The Bertz CT molecular complexity index is 247. The molecule has 0 amide bonds. The van der Waals surface area contributed by atoms with Gasteiger partial charge in [0, 0.05) is 17.1 Å². The van der Waals surface area contributed by atoms with Crippen molar-refractivity contribution in [2.75, 3.05) is 6.54 Å². The Morgan fingerprint density at radius 2 is 1.80 bits per heavy atom. The third-order valence-electron chi connectivity index (χ3n) is 3.08. The Hall–Kier alpha value is -0.560. The first-order valence-electron chi connectivity index (χ1n) is 5.44. The van der Waals surface area contributed by atoms with Crippen LogP contribution in [0, 0.1) is 12.3 Å². The quantitative estimate of drug-likeness (QED) is 0.701. The van der Waals surface area contributed by atoms with Crippen LogP contribution in [0.1, 0.15) is 40.5 Å². The molecule has 0 aliphatic carbocycles. The lowest BCUT2D eigenvalue weighted by molar-refractivity contribution is -0.290. The first kappa shape index (κ1) is 12.5. The van der Waals surface area contributed by atoms with Crippen LogP contribution in [0.25, 0.3) is 0 Å². The normalized spacial score (nSPS) is 26.1. The molecule has 0 spiro atoms. The highest BCUT2D eigenvalue weighted by molar-refractivity contribution is 5.00. The molecule has 3 nitrogen and oxygen atoms in total. The minimum Gasteiger partial charge on any atom is -0.303 e. The van der Waals surface area contributed by atoms with E-state index in [1.54, 1.807) is 0 Å². The molecule has 0 bridgehead atoms. The van der Waals surface area contributed by atoms with Crippen LogP contribution in [0.3, 0.4) is 0 Å². The molecule has 1 aliphatic rings. The predicted molar refractivity (Wildman–Crippen MR) is 60.5 cm³/mol. The Morgan fingerprint density at radius 1 is 1.33 bits per heavy atom. The van der Waals surface area contributed by atoms with Crippen LogP contribution >= 0.6 is 0 Å². The van der Waals surface area contributed by atoms with Crippen LogP contribution in [0.2, 0.25) is 0 Å². The largest absolute Gasteiger partial charge is 0.303 e. The highest BCUT2D eigenvalue weighted by atomic mass is 16.5. The highest BCUT2D eigenvalue weighted by Crippen LogP contribution is 2.36. The molecule has 1 radical (unpaired) electrons. The van der Waals surface area contributed by atoms with E-state index in [0.29, 0.717) is 12.6 Å². The van der Waals surface area contributed by atoms with Crippen molar-refractivity contribution in [2.45, 2.75) is 57.7 Å². The van der Waals surface area contributed by atoms with Gasteiger partial charge in [0.15, 0.2) is 0 Å². The van der Waals surface area contributed by atoms with Crippen LogP contribution < -0.4 is 5.32 Å². The number of nitrogens with zero attached hydrogens (tertiary/aromatic N) is 1. The average Bonchev–Trinajstić information content (AvgIpc) is 2.10. The zero-order valence-electron chi connectivity index (χ0n) is 10.1. The molecule has 0 aromatic carbocycles. The third kappa shape index (κ3) is 2.72. The van der Waals surface area contributed by atoms with E-state index in [1.165, 1.54) is 5.06 Å². The summed E-state index contributed by atoms with van der Waals surface area (Å²) in [6.45, 7) is 8.55. The smallest absolute Gasteiger partial charge is 0.0575 e. The summed E-state index contributed by atoms with van der Waals surface area (Å²) in [6.07, 6.45) is 6.92. The zero-order chi connectivity index (χ0) is 11.7. The summed E-state index contributed by atoms with van der Waals surface area (Å²) in [5.74, 6) is 2.58. The fraction of sp³-hybridized carbons (Fsp3) is 0.833. The summed E-state index contributed by atoms with van der Waals surface area (Å²) >= 11 is 0. The number of rotatable bonds is 2. The van der Waals surface area contributed by atoms with E-state index in [4.69, 9.17) is 6.42 Å². The van der Waals surface area contributed by atoms with Crippen molar-refractivity contribution >= 4 is 0 Å². The van der Waals surface area contributed by atoms with Crippen LogP contribution in [-0.4, -0.2) is 28.7 Å². The molecule has 1 heterocycles. The summed E-state index contributed by atoms with van der Waals surface area (Å²) in [6, 6.07) is 0.344. The van der Waals surface area contributed by atoms with Gasteiger partial charge in [-0.15, -0.1) is 16.7 Å². The molecule has 1 aliphatic heterocycles. The number of piperidine rings is 1. The molecule has 0 aromatic heterocycles. The predicted octanol–water partition coefficient (Wildman–Crippen LogP) is 1.58. The summed E-state index contributed by atoms with van der Waals surface area (Å²) in [5.41, 5.74) is -0.623. The topological polar surface area (TPSA) is 35.2 Å². The second-order valence-corrected chi connectivity index (χ2v) is 5.61. The maximum absolute atomic E-state index is 12.0. The van der Waals surface area contributed by atoms with Crippen LogP contribution in [-0.2, 0) is 5.21 Å². The second-order valence-electron chi connectivity index (χ2n) is 5.61. The van der Waals surface area contributed by atoms with Gasteiger partial charge in [0.05, 0.1) is 6.54 Å². The van der Waals surface area contributed by atoms with E-state index in [0.717, 1.165) is 12.8 Å². The molecular formula is C12H21N2O. The third-order valence-corrected chi connectivity index (χ3v) is 3.08. The molecule has 1 fully saturated rings. The van der Waals surface area contributed by atoms with Crippen molar-refractivity contribution in [3.05, 3.63) is 0 Å². The number of terminal acetylenes is 1. The highest BCUT2D eigenvalue weighted by Gasteiger charge is 2.45. The van der Waals surface area contributed by atoms with Gasteiger partial charge in [-0.1, -0.05) is 5.92 Å². The molecule has 1 rings (SSSR count). The van der Waals surface area contributed by atoms with Gasteiger partial charge in [-0.2, -0.15) is 0 Å². The van der Waals surface area contributed by atoms with Gasteiger partial charge in [-0.25, -0.2) is 0 Å². The molecular weight excluding hydrogens is 188 g/mol. The van der Waals surface area contributed by atoms with Crippen LogP contribution in [0.4, 0.5) is 0 Å². The Morgan fingerprint density at radius 3 is 2.20 bits per heavy atom. The van der Waals surface area contributed by atoms with Crippen molar-refractivity contribution in [2.24, 2.45) is 0 Å². The monoisotopic (exact) mass is 209 g/mol. The molecule has 1 saturated heterocycles. The van der Waals surface area contributed by atoms with Gasteiger partial charge >= 0.3 is 0 Å². The Labute approximate surface area is 92.8 Å². The number of hydrogen-bond acceptors (Lipinski definition) is 2. The second kappa shape index (κ2) is 4.13. The van der Waals surface area contributed by atoms with Crippen molar-refractivity contribution in [3.63, 3.8) is 0 Å². The van der Waals surface area contributed by atoms with Crippen LogP contribution in [0.15, 0.2) is 0 Å². The molecule has 3 heteroatoms. The molecule has 0 saturated carbocycles. The summed E-state index contributed by atoms with van der Waals surface area (Å²) in [4.78, 5) is 0. The minimum absolute atomic E-state index is 0.311. The van der Waals surface area contributed by atoms with Crippen molar-refractivity contribution in [1.29, 1.82) is 0 Å². The lowest BCUT2D eigenvalue weighted by Crippen LogP contribution is -2.61. The van der Waals surface area contributed by atoms with E-state index in [1.807, 2.05) is 27.7 Å². The fourth-order valence-corrected chi connectivity index (χ4v) is 2.61. The summed E-state index contributed by atoms with van der Waals surface area (Å²) in [5, 5.41) is 16.6. The van der Waals surface area contributed by atoms with Gasteiger partial charge in [-0.3, -0.25) is 0 Å². The standard InChI is InChI=1S/C12H21N2O/c1-6-7-13-10-8-11(2,3)14(15)12(4,5)9-10/h1,10,13H,7-9H2,2-5H3. The molecule has 0 unspecified atom stereocenters. The van der Waals surface area contributed by atoms with Crippen molar-refractivity contribution in [1.82, 2.24) is 10.4 Å². The first-order valence-corrected chi connectivity index (χ1v) is 5.44. The summed E-state index contributed by atoms with van der Waals surface area (Å²) in [7, 11) is 0. The minimum atomic E-state index is -0.311. The van der Waals surface area contributed by atoms with Crippen LogP contribution in [0.5, 0.6) is 0 Å². The molecule has 0 aromatic rings. The fourth-order valence-electron chi connectivity index (χ4n) is 2.61. The maximum atomic E-state index is 12.0. The molecule has 15 heavy (non-hydrogen) atoms. The van der Waals surface area contributed by atoms with Gasteiger partial charge in [0.2, 0.25) is 0 Å². The Balaban J connectivity index is 2.71. The average molecular weight is 209 g/mol. The van der Waals surface area contributed by atoms with Crippen molar-refractivity contribution in [3.8, 4) is 12.3 Å². The van der Waals surface area contributed by atoms with Gasteiger partial charge in [-0.05, 0) is 40.5 Å². The molecule has 1 N–H and O–H groups in total. The number of hydroxylamine groups is 2. The van der Waals surface area contributed by atoms with Gasteiger partial charge in [0.25, 0.3) is 0 Å². The van der Waals surface area contributed by atoms with Gasteiger partial charge < -0.3 is 5.32 Å². The zero-order valence-corrected chi connectivity index (χ0v) is 10.1. The van der Waals surface area contributed by atoms with E-state index >= 15 is 0 Å². The molecule has 0 atom stereocenters.